The molecule has 3 nitrogen and oxygen atoms in total. The predicted molar refractivity (Wildman–Crippen MR) is 71.7 cm³/mol. The van der Waals surface area contributed by atoms with Crippen LogP contribution in [0.2, 0.25) is 0 Å². The Bertz CT molecular complexity index is 398. The van der Waals surface area contributed by atoms with Crippen LogP contribution in [0.5, 0.6) is 0 Å². The molecular weight excluding hydrogens is 255 g/mol. The zero-order chi connectivity index (χ0) is 14.5. The van der Waals surface area contributed by atoms with Crippen molar-refractivity contribution in [3.05, 3.63) is 24.5 Å². The topological polar surface area (TPSA) is 43.4 Å². The second-order valence-corrected chi connectivity index (χ2v) is 5.84. The Balaban J connectivity index is 5.12. The molecule has 18 heavy (non-hydrogen) atoms. The molecule has 0 spiro atoms. The van der Waals surface area contributed by atoms with E-state index in [2.05, 4.69) is 31.5 Å². The molecule has 3 atom stereocenters. The number of hydrogen-bond donors (Lipinski definition) is 0. The highest BCUT2D eigenvalue weighted by atomic mass is 32.3. The van der Waals surface area contributed by atoms with Crippen LogP contribution >= 0.6 is 0 Å². The largest absolute Gasteiger partial charge is 0.488 e. The molecule has 106 valence electrons. The fourth-order valence-corrected chi connectivity index (χ4v) is 2.37. The van der Waals surface area contributed by atoms with Gasteiger partial charge in [-0.25, -0.2) is 0 Å². The van der Waals surface area contributed by atoms with Crippen LogP contribution in [0.1, 0.15) is 34.6 Å². The zero-order valence-electron chi connectivity index (χ0n) is 11.7. The van der Waals surface area contributed by atoms with Gasteiger partial charge in [-0.05, 0) is 30.8 Å². The Morgan fingerprint density at radius 2 is 1.72 bits per heavy atom. The molecule has 0 amide bonds. The quantitative estimate of drug-likeness (QED) is 0.403. The molecule has 0 aromatic rings. The third-order valence-electron chi connectivity index (χ3n) is 3.51. The first-order valence-electron chi connectivity index (χ1n) is 6.06. The summed E-state index contributed by atoms with van der Waals surface area (Å²) in [7, 11) is -4.99. The lowest BCUT2D eigenvalue weighted by Gasteiger charge is -2.29. The van der Waals surface area contributed by atoms with E-state index < -0.39 is 10.5 Å². The van der Waals surface area contributed by atoms with Gasteiger partial charge >= 0.3 is 10.5 Å². The van der Waals surface area contributed by atoms with Crippen molar-refractivity contribution in [1.82, 2.24) is 0 Å². The van der Waals surface area contributed by atoms with E-state index in [1.807, 2.05) is 6.92 Å². The first kappa shape index (κ1) is 17.2. The SMILES string of the molecule is C=C[C@H](C(=CC)OS(=O)(=O)F)[C@H](C)[C@H](C)C(C)C. The first-order valence-corrected chi connectivity index (χ1v) is 7.37. The molecule has 0 aromatic heterocycles. The normalized spacial score (nSPS) is 18.3. The molecular formula is C13H23FO3S. The first-order chi connectivity index (χ1) is 8.14. The summed E-state index contributed by atoms with van der Waals surface area (Å²) in [5, 5.41) is 0. The Morgan fingerprint density at radius 3 is 2.00 bits per heavy atom. The average Bonchev–Trinajstić information content (AvgIpc) is 2.25. The van der Waals surface area contributed by atoms with Gasteiger partial charge in [0, 0.05) is 5.92 Å². The van der Waals surface area contributed by atoms with Crippen LogP contribution in [-0.2, 0) is 14.7 Å². The Labute approximate surface area is 110 Å². The van der Waals surface area contributed by atoms with E-state index in [0.29, 0.717) is 11.8 Å². The second kappa shape index (κ2) is 6.92. The van der Waals surface area contributed by atoms with Crippen LogP contribution in [0.25, 0.3) is 0 Å². The molecule has 0 aromatic carbocycles. The third-order valence-corrected chi connectivity index (χ3v) is 3.90. The monoisotopic (exact) mass is 278 g/mol. The number of hydrogen-bond acceptors (Lipinski definition) is 3. The van der Waals surface area contributed by atoms with Crippen molar-refractivity contribution < 1.29 is 16.5 Å². The summed E-state index contributed by atoms with van der Waals surface area (Å²) in [6, 6.07) is 0. The lowest BCUT2D eigenvalue weighted by molar-refractivity contribution is 0.220. The van der Waals surface area contributed by atoms with Gasteiger partial charge < -0.3 is 4.18 Å². The van der Waals surface area contributed by atoms with E-state index in [1.165, 1.54) is 6.08 Å². The number of halogens is 1. The summed E-state index contributed by atoms with van der Waals surface area (Å²) < 4.78 is 38.2. The minimum absolute atomic E-state index is 0.0903. The van der Waals surface area contributed by atoms with Gasteiger partial charge in [0.1, 0.15) is 5.76 Å². The Hall–Kier alpha value is -0.840. The molecule has 0 saturated heterocycles. The second-order valence-electron chi connectivity index (χ2n) is 4.89. The molecule has 0 bridgehead atoms. The molecule has 0 N–H and O–H groups in total. The molecule has 0 saturated carbocycles. The maximum atomic E-state index is 12.6. The van der Waals surface area contributed by atoms with Crippen molar-refractivity contribution in [3.8, 4) is 0 Å². The van der Waals surface area contributed by atoms with Crippen LogP contribution < -0.4 is 0 Å². The van der Waals surface area contributed by atoms with E-state index in [4.69, 9.17) is 0 Å². The maximum absolute atomic E-state index is 12.6. The average molecular weight is 278 g/mol. The fraction of sp³-hybridized carbons (Fsp3) is 0.692. The van der Waals surface area contributed by atoms with Crippen molar-refractivity contribution in [3.63, 3.8) is 0 Å². The number of rotatable bonds is 7. The molecule has 5 heteroatoms. The summed E-state index contributed by atoms with van der Waals surface area (Å²) in [5.74, 6) is 0.636. The predicted octanol–water partition coefficient (Wildman–Crippen LogP) is 3.85. The van der Waals surface area contributed by atoms with E-state index in [9.17, 15) is 12.3 Å². The third kappa shape index (κ3) is 5.21. The van der Waals surface area contributed by atoms with Crippen molar-refractivity contribution in [2.75, 3.05) is 0 Å². The maximum Gasteiger partial charge on any atom is 0.488 e. The highest BCUT2D eigenvalue weighted by Crippen LogP contribution is 2.33. The van der Waals surface area contributed by atoms with E-state index in [-0.39, 0.29) is 17.6 Å². The smallest absolute Gasteiger partial charge is 0.363 e. The van der Waals surface area contributed by atoms with Crippen molar-refractivity contribution in [2.45, 2.75) is 34.6 Å². The molecule has 0 fully saturated rings. The van der Waals surface area contributed by atoms with Crippen LogP contribution in [-0.4, -0.2) is 8.42 Å². The van der Waals surface area contributed by atoms with Gasteiger partial charge in [-0.2, -0.15) is 8.42 Å². The lowest BCUT2D eigenvalue weighted by atomic mass is 9.77. The van der Waals surface area contributed by atoms with Gasteiger partial charge in [0.2, 0.25) is 0 Å². The van der Waals surface area contributed by atoms with Gasteiger partial charge in [0.15, 0.2) is 0 Å². The van der Waals surface area contributed by atoms with Crippen molar-refractivity contribution >= 4 is 10.5 Å². The number of allylic oxidation sites excluding steroid dienone is 2. The molecule has 0 aliphatic rings. The van der Waals surface area contributed by atoms with Crippen LogP contribution in [0.3, 0.4) is 0 Å². The van der Waals surface area contributed by atoms with Crippen LogP contribution in [0.15, 0.2) is 24.5 Å². The summed E-state index contributed by atoms with van der Waals surface area (Å²) in [6.45, 7) is 13.5. The van der Waals surface area contributed by atoms with Gasteiger partial charge in [-0.1, -0.05) is 37.7 Å². The van der Waals surface area contributed by atoms with Gasteiger partial charge in [-0.15, -0.1) is 6.58 Å². The highest BCUT2D eigenvalue weighted by Gasteiger charge is 2.28. The van der Waals surface area contributed by atoms with Crippen LogP contribution in [0, 0.1) is 23.7 Å². The van der Waals surface area contributed by atoms with E-state index in [0.717, 1.165) is 0 Å². The van der Waals surface area contributed by atoms with Gasteiger partial charge in [0.25, 0.3) is 0 Å². The molecule has 0 aliphatic heterocycles. The summed E-state index contributed by atoms with van der Waals surface area (Å²) in [6.07, 6.45) is 3.07. The van der Waals surface area contributed by atoms with Gasteiger partial charge in [-0.3, -0.25) is 0 Å². The Morgan fingerprint density at radius 1 is 1.22 bits per heavy atom. The van der Waals surface area contributed by atoms with Crippen molar-refractivity contribution in [2.24, 2.45) is 23.7 Å². The standard InChI is InChI=1S/C13H23FO3S/c1-7-12(11(6)10(5)9(3)4)13(8-2)17-18(14,15)16/h7-12H,1H2,2-6H3/t10-,11-,12+/m1/s1. The molecule has 0 unspecified atom stereocenters. The van der Waals surface area contributed by atoms with E-state index in [1.54, 1.807) is 13.0 Å². The highest BCUT2D eigenvalue weighted by molar-refractivity contribution is 7.81. The minimum atomic E-state index is -4.99. The van der Waals surface area contributed by atoms with E-state index >= 15 is 0 Å². The Kier molecular flexibility index (Phi) is 6.60. The van der Waals surface area contributed by atoms with Gasteiger partial charge in [0.05, 0.1) is 0 Å². The molecule has 0 aliphatic carbocycles. The summed E-state index contributed by atoms with van der Waals surface area (Å²) in [5.41, 5.74) is 0. The zero-order valence-corrected chi connectivity index (χ0v) is 12.5. The summed E-state index contributed by atoms with van der Waals surface area (Å²) >= 11 is 0. The minimum Gasteiger partial charge on any atom is -0.363 e. The molecule has 0 rings (SSSR count). The fourth-order valence-electron chi connectivity index (χ4n) is 1.94. The molecule has 0 radical (unpaired) electrons. The lowest BCUT2D eigenvalue weighted by Crippen LogP contribution is -2.24. The summed E-state index contributed by atoms with van der Waals surface area (Å²) in [4.78, 5) is 0. The van der Waals surface area contributed by atoms with Crippen LogP contribution in [0.4, 0.5) is 3.89 Å². The molecule has 0 heterocycles. The van der Waals surface area contributed by atoms with Crippen molar-refractivity contribution in [1.29, 1.82) is 0 Å².